The number of hydrogen-bond acceptors (Lipinski definition) is 5. The summed E-state index contributed by atoms with van der Waals surface area (Å²) in [5.74, 6) is -0.146. The van der Waals surface area contributed by atoms with Crippen LogP contribution in [0.15, 0.2) is 78.0 Å². The number of halogens is 1. The molecule has 0 saturated carbocycles. The molecule has 7 nitrogen and oxygen atoms in total. The minimum absolute atomic E-state index is 0.00770. The minimum Gasteiger partial charge on any atom is -0.497 e. The van der Waals surface area contributed by atoms with Crippen LogP contribution in [-0.2, 0) is 21.2 Å². The van der Waals surface area contributed by atoms with Crippen LogP contribution < -0.4 is 10.1 Å². The molecule has 3 aromatic rings. The number of nitrogens with one attached hydrogen (secondary N) is 1. The van der Waals surface area contributed by atoms with Crippen molar-refractivity contribution in [1.29, 1.82) is 0 Å². The molecule has 0 aliphatic rings. The Morgan fingerprint density at radius 1 is 1.12 bits per heavy atom. The van der Waals surface area contributed by atoms with Crippen molar-refractivity contribution in [2.24, 2.45) is 0 Å². The Labute approximate surface area is 186 Å². The number of rotatable bonds is 9. The average Bonchev–Trinajstić information content (AvgIpc) is 2.80. The summed E-state index contributed by atoms with van der Waals surface area (Å²) in [6, 6.07) is 15.7. The number of hydrogen-bond donors (Lipinski definition) is 1. The number of benzene rings is 2. The van der Waals surface area contributed by atoms with Crippen LogP contribution in [0.2, 0.25) is 0 Å². The molecule has 1 aromatic heterocycles. The monoisotopic (exact) mass is 457 g/mol. The maximum absolute atomic E-state index is 13.3. The highest BCUT2D eigenvalue weighted by molar-refractivity contribution is 7.89. The summed E-state index contributed by atoms with van der Waals surface area (Å²) in [5.41, 5.74) is 1.63. The molecule has 3 rings (SSSR count). The van der Waals surface area contributed by atoms with Gasteiger partial charge in [-0.15, -0.1) is 0 Å². The van der Waals surface area contributed by atoms with Gasteiger partial charge in [0, 0.05) is 19.4 Å². The topological polar surface area (TPSA) is 88.6 Å². The van der Waals surface area contributed by atoms with Gasteiger partial charge in [0.1, 0.15) is 16.5 Å². The fraction of sp³-hybridized carbons (Fsp3) is 0.217. The Bertz CT molecular complexity index is 1140. The molecule has 1 unspecified atom stereocenters. The number of sulfonamides is 1. The maximum Gasteiger partial charge on any atom is 0.244 e. The van der Waals surface area contributed by atoms with Crippen molar-refractivity contribution in [2.45, 2.75) is 17.4 Å². The lowest BCUT2D eigenvalue weighted by molar-refractivity contribution is -0.121. The molecule has 0 aliphatic heterocycles. The summed E-state index contributed by atoms with van der Waals surface area (Å²) in [6.45, 7) is -0.368. The Morgan fingerprint density at radius 3 is 2.41 bits per heavy atom. The van der Waals surface area contributed by atoms with Crippen LogP contribution in [-0.4, -0.2) is 44.3 Å². The summed E-state index contributed by atoms with van der Waals surface area (Å²) in [4.78, 5) is 16.6. The first-order valence-corrected chi connectivity index (χ1v) is 11.3. The van der Waals surface area contributed by atoms with Crippen molar-refractivity contribution in [3.8, 4) is 5.75 Å². The molecule has 0 bridgehead atoms. The normalized spacial score (nSPS) is 12.4. The van der Waals surface area contributed by atoms with Gasteiger partial charge in [-0.05, 0) is 53.9 Å². The van der Waals surface area contributed by atoms with Crippen LogP contribution in [0.4, 0.5) is 4.39 Å². The first-order chi connectivity index (χ1) is 15.3. The fourth-order valence-electron chi connectivity index (χ4n) is 3.15. The lowest BCUT2D eigenvalue weighted by Gasteiger charge is -2.22. The summed E-state index contributed by atoms with van der Waals surface area (Å²) in [5, 5.41) is 2.89. The average molecular weight is 458 g/mol. The number of carbonyl (C=O) groups excluding carboxylic acids is 1. The third-order valence-corrected chi connectivity index (χ3v) is 6.70. The van der Waals surface area contributed by atoms with Crippen molar-refractivity contribution in [1.82, 2.24) is 14.6 Å². The molecule has 1 heterocycles. The predicted molar refractivity (Wildman–Crippen MR) is 118 cm³/mol. The molecule has 1 amide bonds. The smallest absolute Gasteiger partial charge is 0.244 e. The summed E-state index contributed by atoms with van der Waals surface area (Å²) in [7, 11) is -0.957. The van der Waals surface area contributed by atoms with E-state index in [1.54, 1.807) is 31.4 Å². The Hall–Kier alpha value is -3.30. The molecular formula is C23H24FN3O4S. The molecule has 1 atom stereocenters. The molecule has 2 aromatic carbocycles. The Morgan fingerprint density at radius 2 is 1.81 bits per heavy atom. The zero-order valence-electron chi connectivity index (χ0n) is 17.7. The molecule has 32 heavy (non-hydrogen) atoms. The number of ether oxygens (including phenoxy) is 1. The lowest BCUT2D eigenvalue weighted by Crippen LogP contribution is -2.40. The first kappa shape index (κ1) is 23.4. The number of nitrogens with zero attached hydrogens (tertiary/aromatic N) is 2. The number of aromatic nitrogens is 1. The molecule has 0 radical (unpaired) electrons. The third kappa shape index (κ3) is 5.89. The van der Waals surface area contributed by atoms with E-state index < -0.39 is 22.0 Å². The zero-order valence-corrected chi connectivity index (χ0v) is 18.5. The molecule has 0 saturated heterocycles. The van der Waals surface area contributed by atoms with E-state index in [1.807, 2.05) is 12.1 Å². The molecule has 168 valence electrons. The summed E-state index contributed by atoms with van der Waals surface area (Å²) >= 11 is 0. The number of likely N-dealkylation sites (N-methyl/N-ethyl adjacent to an activating group) is 1. The Kier molecular flexibility index (Phi) is 7.55. The van der Waals surface area contributed by atoms with Gasteiger partial charge in [-0.2, -0.15) is 4.31 Å². The molecule has 0 aliphatic carbocycles. The van der Waals surface area contributed by atoms with Gasteiger partial charge >= 0.3 is 0 Å². The van der Waals surface area contributed by atoms with Crippen LogP contribution in [0.25, 0.3) is 0 Å². The van der Waals surface area contributed by atoms with Gasteiger partial charge in [0.25, 0.3) is 0 Å². The molecular weight excluding hydrogens is 433 g/mol. The standard InChI is InChI=1S/C23H24FN3O4S/c1-27(32(29,30)21-4-3-13-25-15-21)16-23(28)26-22(14-17-5-9-19(24)10-6-17)18-7-11-20(31-2)12-8-18/h3-13,15,22H,14,16H2,1-2H3,(H,26,28). The molecule has 0 fully saturated rings. The van der Waals surface area contributed by atoms with Crippen molar-refractivity contribution < 1.29 is 22.3 Å². The van der Waals surface area contributed by atoms with Crippen LogP contribution in [0.1, 0.15) is 17.2 Å². The van der Waals surface area contributed by atoms with E-state index in [4.69, 9.17) is 4.74 Å². The van der Waals surface area contributed by atoms with Crippen molar-refractivity contribution in [2.75, 3.05) is 20.7 Å². The highest BCUT2D eigenvalue weighted by atomic mass is 32.2. The van der Waals surface area contributed by atoms with Crippen LogP contribution in [0, 0.1) is 5.82 Å². The second kappa shape index (κ2) is 10.3. The molecule has 1 N–H and O–H groups in total. The Balaban J connectivity index is 1.77. The van der Waals surface area contributed by atoms with Crippen molar-refractivity contribution in [3.63, 3.8) is 0 Å². The number of carbonyl (C=O) groups is 1. The van der Waals surface area contributed by atoms with Gasteiger partial charge in [0.2, 0.25) is 15.9 Å². The largest absolute Gasteiger partial charge is 0.497 e. The number of amides is 1. The highest BCUT2D eigenvalue weighted by Crippen LogP contribution is 2.22. The summed E-state index contributed by atoms with van der Waals surface area (Å²) in [6.07, 6.45) is 3.11. The maximum atomic E-state index is 13.3. The van der Waals surface area contributed by atoms with E-state index in [2.05, 4.69) is 10.3 Å². The van der Waals surface area contributed by atoms with E-state index in [0.717, 1.165) is 15.4 Å². The fourth-order valence-corrected chi connectivity index (χ4v) is 4.24. The first-order valence-electron chi connectivity index (χ1n) is 9.83. The van der Waals surface area contributed by atoms with Crippen LogP contribution >= 0.6 is 0 Å². The third-order valence-electron chi connectivity index (χ3n) is 4.92. The van der Waals surface area contributed by atoms with Gasteiger partial charge in [0.15, 0.2) is 0 Å². The van der Waals surface area contributed by atoms with Gasteiger partial charge in [0.05, 0.1) is 19.7 Å². The lowest BCUT2D eigenvalue weighted by atomic mass is 9.98. The highest BCUT2D eigenvalue weighted by Gasteiger charge is 2.24. The van der Waals surface area contributed by atoms with Crippen LogP contribution in [0.3, 0.4) is 0 Å². The van der Waals surface area contributed by atoms with Crippen molar-refractivity contribution in [3.05, 3.63) is 90.0 Å². The SMILES string of the molecule is COc1ccc(C(Cc2ccc(F)cc2)NC(=O)CN(C)S(=O)(=O)c2cccnc2)cc1. The second-order valence-corrected chi connectivity index (χ2v) is 9.22. The van der Waals surface area contributed by atoms with Gasteiger partial charge in [-0.1, -0.05) is 24.3 Å². The summed E-state index contributed by atoms with van der Waals surface area (Å²) < 4.78 is 44.8. The van der Waals surface area contributed by atoms with Gasteiger partial charge in [-0.3, -0.25) is 9.78 Å². The zero-order chi connectivity index (χ0) is 23.1. The van der Waals surface area contributed by atoms with Gasteiger partial charge in [-0.25, -0.2) is 12.8 Å². The van der Waals surface area contributed by atoms with Crippen LogP contribution in [0.5, 0.6) is 5.75 Å². The molecule has 0 spiro atoms. The quantitative estimate of drug-likeness (QED) is 0.534. The van der Waals surface area contributed by atoms with Gasteiger partial charge < -0.3 is 10.1 Å². The predicted octanol–water partition coefficient (Wildman–Crippen LogP) is 2.95. The van der Waals surface area contributed by atoms with E-state index in [-0.39, 0.29) is 17.3 Å². The van der Waals surface area contributed by atoms with Crippen molar-refractivity contribution >= 4 is 15.9 Å². The number of methoxy groups -OCH3 is 1. The minimum atomic E-state index is -3.86. The number of pyridine rings is 1. The van der Waals surface area contributed by atoms with E-state index in [1.165, 1.54) is 43.7 Å². The second-order valence-electron chi connectivity index (χ2n) is 7.17. The van der Waals surface area contributed by atoms with E-state index in [0.29, 0.717) is 12.2 Å². The molecule has 9 heteroatoms. The van der Waals surface area contributed by atoms with E-state index in [9.17, 15) is 17.6 Å². The van der Waals surface area contributed by atoms with E-state index >= 15 is 0 Å².